The molecule has 4 aromatic carbocycles. The SMILES string of the molecule is CC(O)COc1ccc(C2(c3ccc(OCC(C)O)cc3)c3ccccc3Cc3ccccc32)cc1. The molecular weight excluding hydrogens is 448 g/mol. The van der Waals surface area contributed by atoms with E-state index in [9.17, 15) is 10.2 Å². The minimum Gasteiger partial charge on any atom is -0.491 e. The van der Waals surface area contributed by atoms with Gasteiger partial charge >= 0.3 is 0 Å². The van der Waals surface area contributed by atoms with Gasteiger partial charge in [0.05, 0.1) is 17.6 Å². The van der Waals surface area contributed by atoms with Crippen molar-refractivity contribution in [2.24, 2.45) is 0 Å². The van der Waals surface area contributed by atoms with Gasteiger partial charge in [-0.15, -0.1) is 0 Å². The van der Waals surface area contributed by atoms with E-state index in [1.807, 2.05) is 24.3 Å². The summed E-state index contributed by atoms with van der Waals surface area (Å²) in [6.45, 7) is 3.94. The van der Waals surface area contributed by atoms with Gasteiger partial charge in [0.1, 0.15) is 24.7 Å². The van der Waals surface area contributed by atoms with E-state index in [0.717, 1.165) is 29.0 Å². The lowest BCUT2D eigenvalue weighted by Crippen LogP contribution is -2.36. The lowest BCUT2D eigenvalue weighted by molar-refractivity contribution is 0.122. The molecule has 0 fully saturated rings. The van der Waals surface area contributed by atoms with Gasteiger partial charge in [0.25, 0.3) is 0 Å². The highest BCUT2D eigenvalue weighted by atomic mass is 16.5. The number of hydrogen-bond donors (Lipinski definition) is 2. The first-order chi connectivity index (χ1) is 17.5. The topological polar surface area (TPSA) is 58.9 Å². The minimum absolute atomic E-state index is 0.254. The molecule has 4 nitrogen and oxygen atoms in total. The maximum atomic E-state index is 9.62. The summed E-state index contributed by atoms with van der Waals surface area (Å²) in [6.07, 6.45) is -0.162. The van der Waals surface area contributed by atoms with Gasteiger partial charge in [0.15, 0.2) is 0 Å². The zero-order valence-corrected chi connectivity index (χ0v) is 20.7. The summed E-state index contributed by atoms with van der Waals surface area (Å²) in [5, 5.41) is 19.2. The lowest BCUT2D eigenvalue weighted by Gasteiger charge is -2.42. The highest BCUT2D eigenvalue weighted by Gasteiger charge is 2.43. The highest BCUT2D eigenvalue weighted by molar-refractivity contribution is 5.67. The normalized spacial score (nSPS) is 15.3. The van der Waals surface area contributed by atoms with E-state index in [1.54, 1.807) is 13.8 Å². The average molecular weight is 481 g/mol. The third kappa shape index (κ3) is 4.50. The molecule has 1 aliphatic carbocycles. The van der Waals surface area contributed by atoms with Crippen LogP contribution in [-0.4, -0.2) is 35.6 Å². The van der Waals surface area contributed by atoms with Crippen LogP contribution in [0.5, 0.6) is 11.5 Å². The van der Waals surface area contributed by atoms with E-state index in [2.05, 4.69) is 72.8 Å². The third-order valence-electron chi connectivity index (χ3n) is 6.78. The van der Waals surface area contributed by atoms with Crippen LogP contribution in [0, 0.1) is 0 Å². The Morgan fingerprint density at radius 3 is 1.39 bits per heavy atom. The summed E-state index contributed by atoms with van der Waals surface area (Å²) in [7, 11) is 0. The predicted molar refractivity (Wildman–Crippen MR) is 142 cm³/mol. The number of rotatable bonds is 8. The number of benzene rings is 4. The molecule has 2 unspecified atom stereocenters. The van der Waals surface area contributed by atoms with Crippen LogP contribution in [0.4, 0.5) is 0 Å². The zero-order valence-electron chi connectivity index (χ0n) is 20.7. The molecule has 0 amide bonds. The van der Waals surface area contributed by atoms with Crippen molar-refractivity contribution in [1.29, 1.82) is 0 Å². The molecule has 1 aliphatic rings. The van der Waals surface area contributed by atoms with Crippen molar-refractivity contribution in [3.05, 3.63) is 130 Å². The Kier molecular flexibility index (Phi) is 6.82. The Bertz CT molecular complexity index is 1200. The molecule has 184 valence electrons. The summed E-state index contributed by atoms with van der Waals surface area (Å²) < 4.78 is 11.5. The standard InChI is InChI=1S/C32H32O4/c1-22(33)20-35-28-15-11-26(12-16-28)32(27-13-17-29(18-14-27)36-21-23(2)34)30-9-5-3-7-24(30)19-25-8-4-6-10-31(25)32/h3-18,22-23,33-34H,19-21H2,1-2H3. The number of ether oxygens (including phenoxy) is 2. The predicted octanol–water partition coefficient (Wildman–Crippen LogP) is 5.49. The maximum absolute atomic E-state index is 9.62. The van der Waals surface area contributed by atoms with Gasteiger partial charge in [-0.1, -0.05) is 72.8 Å². The fourth-order valence-electron chi connectivity index (χ4n) is 5.26. The highest BCUT2D eigenvalue weighted by Crippen LogP contribution is 2.51. The molecule has 0 heterocycles. The van der Waals surface area contributed by atoms with Gasteiger partial charge in [0.2, 0.25) is 0 Å². The van der Waals surface area contributed by atoms with E-state index < -0.39 is 17.6 Å². The van der Waals surface area contributed by atoms with Gasteiger partial charge < -0.3 is 19.7 Å². The largest absolute Gasteiger partial charge is 0.491 e. The van der Waals surface area contributed by atoms with Crippen molar-refractivity contribution < 1.29 is 19.7 Å². The number of aliphatic hydroxyl groups is 2. The van der Waals surface area contributed by atoms with Gasteiger partial charge in [-0.25, -0.2) is 0 Å². The summed E-state index contributed by atoms with van der Waals surface area (Å²) >= 11 is 0. The van der Waals surface area contributed by atoms with Crippen LogP contribution in [0.3, 0.4) is 0 Å². The van der Waals surface area contributed by atoms with Crippen LogP contribution in [-0.2, 0) is 11.8 Å². The van der Waals surface area contributed by atoms with Crippen molar-refractivity contribution in [2.75, 3.05) is 13.2 Å². The quantitative estimate of drug-likeness (QED) is 0.308. The smallest absolute Gasteiger partial charge is 0.119 e. The molecule has 2 atom stereocenters. The van der Waals surface area contributed by atoms with E-state index in [1.165, 1.54) is 22.3 Å². The number of aliphatic hydroxyl groups excluding tert-OH is 2. The molecule has 0 aromatic heterocycles. The Balaban J connectivity index is 1.69. The molecule has 5 rings (SSSR count). The molecule has 0 saturated carbocycles. The monoisotopic (exact) mass is 480 g/mol. The van der Waals surface area contributed by atoms with Crippen molar-refractivity contribution in [2.45, 2.75) is 37.9 Å². The van der Waals surface area contributed by atoms with Crippen LogP contribution in [0.2, 0.25) is 0 Å². The van der Waals surface area contributed by atoms with Crippen molar-refractivity contribution >= 4 is 0 Å². The Morgan fingerprint density at radius 1 is 0.611 bits per heavy atom. The van der Waals surface area contributed by atoms with Crippen molar-refractivity contribution in [3.8, 4) is 11.5 Å². The van der Waals surface area contributed by atoms with Gasteiger partial charge in [-0.05, 0) is 77.9 Å². The summed E-state index contributed by atoms with van der Waals surface area (Å²) in [5.74, 6) is 1.46. The van der Waals surface area contributed by atoms with Crippen LogP contribution in [0.25, 0.3) is 0 Å². The third-order valence-corrected chi connectivity index (χ3v) is 6.78. The molecule has 36 heavy (non-hydrogen) atoms. The second-order valence-corrected chi connectivity index (χ2v) is 9.61. The van der Waals surface area contributed by atoms with Crippen molar-refractivity contribution in [1.82, 2.24) is 0 Å². The van der Waals surface area contributed by atoms with Crippen LogP contribution in [0.1, 0.15) is 47.2 Å². The van der Waals surface area contributed by atoms with Gasteiger partial charge in [-0.2, -0.15) is 0 Å². The maximum Gasteiger partial charge on any atom is 0.119 e. The molecule has 0 aliphatic heterocycles. The molecule has 4 aromatic rings. The van der Waals surface area contributed by atoms with Gasteiger partial charge in [0, 0.05) is 0 Å². The van der Waals surface area contributed by atoms with E-state index in [0.29, 0.717) is 0 Å². The molecule has 0 saturated heterocycles. The average Bonchev–Trinajstić information content (AvgIpc) is 2.90. The lowest BCUT2D eigenvalue weighted by atomic mass is 9.60. The summed E-state index contributed by atoms with van der Waals surface area (Å²) in [5.41, 5.74) is 6.91. The summed E-state index contributed by atoms with van der Waals surface area (Å²) in [6, 6.07) is 33.8. The van der Waals surface area contributed by atoms with Crippen molar-refractivity contribution in [3.63, 3.8) is 0 Å². The van der Waals surface area contributed by atoms with E-state index >= 15 is 0 Å². The molecular formula is C32H32O4. The fraction of sp³-hybridized carbons (Fsp3) is 0.250. The fourth-order valence-corrected chi connectivity index (χ4v) is 5.26. The van der Waals surface area contributed by atoms with E-state index in [4.69, 9.17) is 9.47 Å². The molecule has 2 N–H and O–H groups in total. The first kappa shape index (κ1) is 24.1. The molecule has 0 radical (unpaired) electrons. The summed E-state index contributed by atoms with van der Waals surface area (Å²) in [4.78, 5) is 0. The Morgan fingerprint density at radius 2 is 1.00 bits per heavy atom. The molecule has 0 bridgehead atoms. The van der Waals surface area contributed by atoms with Crippen LogP contribution < -0.4 is 9.47 Å². The minimum atomic E-state index is -0.525. The Hall–Kier alpha value is -3.60. The number of fused-ring (bicyclic) bond motifs is 2. The van der Waals surface area contributed by atoms with Crippen LogP contribution in [0.15, 0.2) is 97.1 Å². The van der Waals surface area contributed by atoms with E-state index in [-0.39, 0.29) is 13.2 Å². The number of hydrogen-bond acceptors (Lipinski definition) is 4. The molecule has 0 spiro atoms. The second kappa shape index (κ2) is 10.2. The van der Waals surface area contributed by atoms with Gasteiger partial charge in [-0.3, -0.25) is 0 Å². The first-order valence-electron chi connectivity index (χ1n) is 12.5. The van der Waals surface area contributed by atoms with Crippen LogP contribution >= 0.6 is 0 Å². The molecule has 4 heteroatoms. The second-order valence-electron chi connectivity index (χ2n) is 9.61. The zero-order chi connectivity index (χ0) is 25.1. The Labute approximate surface area is 212 Å². The first-order valence-corrected chi connectivity index (χ1v) is 12.5.